The number of methoxy groups -OCH3 is 1. The number of benzene rings is 1. The van der Waals surface area contributed by atoms with Crippen molar-refractivity contribution in [2.75, 3.05) is 13.7 Å². The summed E-state index contributed by atoms with van der Waals surface area (Å²) in [5.41, 5.74) is 0. The van der Waals surface area contributed by atoms with Gasteiger partial charge in [-0.05, 0) is 26.0 Å². The Morgan fingerprint density at radius 1 is 1.32 bits per heavy atom. The van der Waals surface area contributed by atoms with E-state index in [1.165, 1.54) is 6.07 Å². The van der Waals surface area contributed by atoms with Crippen LogP contribution in [0.2, 0.25) is 0 Å². The first-order valence-corrected chi connectivity index (χ1v) is 7.09. The molecule has 0 spiro atoms. The summed E-state index contributed by atoms with van der Waals surface area (Å²) < 4.78 is 38.8. The van der Waals surface area contributed by atoms with Gasteiger partial charge in [0.25, 0.3) is 0 Å². The number of ether oxygens (including phenoxy) is 2. The molecule has 0 aliphatic carbocycles. The lowest BCUT2D eigenvalue weighted by atomic mass is 10.3. The fraction of sp³-hybridized carbons (Fsp3) is 0.467. The molecule has 0 aliphatic rings. The highest BCUT2D eigenvalue weighted by molar-refractivity contribution is 5.25. The molecule has 120 valence electrons. The van der Waals surface area contributed by atoms with Gasteiger partial charge in [-0.15, -0.1) is 0 Å². The van der Waals surface area contributed by atoms with Crippen molar-refractivity contribution in [1.82, 2.24) is 14.8 Å². The molecule has 5 nitrogen and oxygen atoms in total. The monoisotopic (exact) mass is 311 g/mol. The molecule has 0 fully saturated rings. The first-order valence-electron chi connectivity index (χ1n) is 7.09. The van der Waals surface area contributed by atoms with Crippen molar-refractivity contribution in [3.05, 3.63) is 41.5 Å². The SMILES string of the molecule is CCn1nc(CCOC)nc1C(C)Oc1ccc(F)cc1F. The molecule has 0 amide bonds. The van der Waals surface area contributed by atoms with E-state index in [9.17, 15) is 8.78 Å². The molecule has 0 aliphatic heterocycles. The Kier molecular flexibility index (Phi) is 5.43. The summed E-state index contributed by atoms with van der Waals surface area (Å²) in [6.45, 7) is 4.83. The van der Waals surface area contributed by atoms with Crippen molar-refractivity contribution in [2.45, 2.75) is 32.9 Å². The van der Waals surface area contributed by atoms with Crippen LogP contribution >= 0.6 is 0 Å². The van der Waals surface area contributed by atoms with Gasteiger partial charge in [0.05, 0.1) is 6.61 Å². The van der Waals surface area contributed by atoms with E-state index in [-0.39, 0.29) is 5.75 Å². The highest BCUT2D eigenvalue weighted by Crippen LogP contribution is 2.24. The summed E-state index contributed by atoms with van der Waals surface area (Å²) in [5.74, 6) is -0.158. The number of hydrogen-bond acceptors (Lipinski definition) is 4. The molecule has 1 unspecified atom stereocenters. The van der Waals surface area contributed by atoms with E-state index in [4.69, 9.17) is 9.47 Å². The van der Waals surface area contributed by atoms with Crippen molar-refractivity contribution in [3.63, 3.8) is 0 Å². The minimum absolute atomic E-state index is 0.0157. The summed E-state index contributed by atoms with van der Waals surface area (Å²) in [6.07, 6.45) is 0.0809. The first-order chi connectivity index (χ1) is 10.5. The topological polar surface area (TPSA) is 49.2 Å². The second-order valence-corrected chi connectivity index (χ2v) is 4.78. The molecule has 1 aromatic heterocycles. The van der Waals surface area contributed by atoms with E-state index in [2.05, 4.69) is 10.1 Å². The zero-order valence-electron chi connectivity index (χ0n) is 12.8. The average Bonchev–Trinajstić information content (AvgIpc) is 2.91. The Hall–Kier alpha value is -2.02. The van der Waals surface area contributed by atoms with Gasteiger partial charge in [-0.2, -0.15) is 5.10 Å². The molecule has 0 bridgehead atoms. The molecule has 22 heavy (non-hydrogen) atoms. The Bertz CT molecular complexity index is 631. The summed E-state index contributed by atoms with van der Waals surface area (Å²) >= 11 is 0. The van der Waals surface area contributed by atoms with Gasteiger partial charge in [0, 0.05) is 26.1 Å². The fourth-order valence-corrected chi connectivity index (χ4v) is 2.05. The molecule has 1 atom stereocenters. The molecule has 0 saturated carbocycles. The minimum atomic E-state index is -0.742. The van der Waals surface area contributed by atoms with Gasteiger partial charge in [0.15, 0.2) is 29.3 Å². The summed E-state index contributed by atoms with van der Waals surface area (Å²) in [4.78, 5) is 4.41. The molecule has 7 heteroatoms. The third-order valence-corrected chi connectivity index (χ3v) is 3.13. The molecular weight excluding hydrogens is 292 g/mol. The predicted octanol–water partition coefficient (Wildman–Crippen LogP) is 2.91. The smallest absolute Gasteiger partial charge is 0.168 e. The van der Waals surface area contributed by atoms with Gasteiger partial charge in [0.2, 0.25) is 0 Å². The number of aryl methyl sites for hydroxylation is 1. The van der Waals surface area contributed by atoms with Crippen molar-refractivity contribution in [3.8, 4) is 5.75 Å². The van der Waals surface area contributed by atoms with Gasteiger partial charge in [-0.1, -0.05) is 0 Å². The fourth-order valence-electron chi connectivity index (χ4n) is 2.05. The number of aromatic nitrogens is 3. The molecule has 2 rings (SSSR count). The van der Waals surface area contributed by atoms with Crippen LogP contribution in [0, 0.1) is 11.6 Å². The van der Waals surface area contributed by atoms with Crippen LogP contribution in [-0.4, -0.2) is 28.5 Å². The Balaban J connectivity index is 2.17. The molecular formula is C15H19F2N3O2. The second-order valence-electron chi connectivity index (χ2n) is 4.78. The van der Waals surface area contributed by atoms with Crippen LogP contribution in [0.4, 0.5) is 8.78 Å². The van der Waals surface area contributed by atoms with Gasteiger partial charge in [-0.3, -0.25) is 0 Å². The van der Waals surface area contributed by atoms with E-state index >= 15 is 0 Å². The first kappa shape index (κ1) is 16.4. The van der Waals surface area contributed by atoms with E-state index in [1.54, 1.807) is 18.7 Å². The van der Waals surface area contributed by atoms with Gasteiger partial charge >= 0.3 is 0 Å². The molecule has 1 heterocycles. The van der Waals surface area contributed by atoms with E-state index in [1.807, 2.05) is 6.92 Å². The molecule has 0 N–H and O–H groups in total. The molecule has 0 radical (unpaired) electrons. The summed E-state index contributed by atoms with van der Waals surface area (Å²) in [6, 6.07) is 3.20. The van der Waals surface area contributed by atoms with Crippen LogP contribution in [0.1, 0.15) is 31.6 Å². The van der Waals surface area contributed by atoms with Crippen molar-refractivity contribution < 1.29 is 18.3 Å². The van der Waals surface area contributed by atoms with Gasteiger partial charge in [-0.25, -0.2) is 18.4 Å². The van der Waals surface area contributed by atoms with Gasteiger partial charge < -0.3 is 9.47 Å². The minimum Gasteiger partial charge on any atom is -0.480 e. The predicted molar refractivity (Wildman–Crippen MR) is 76.7 cm³/mol. The van der Waals surface area contributed by atoms with Crippen molar-refractivity contribution in [2.24, 2.45) is 0 Å². The zero-order valence-corrected chi connectivity index (χ0v) is 12.8. The van der Waals surface area contributed by atoms with Crippen LogP contribution in [0.3, 0.4) is 0 Å². The molecule has 2 aromatic rings. The maximum atomic E-state index is 13.7. The number of hydrogen-bond donors (Lipinski definition) is 0. The standard InChI is InChI=1S/C15H19F2N3O2/c1-4-20-15(18-14(19-20)7-8-21-3)10(2)22-13-6-5-11(16)9-12(13)17/h5-6,9-10H,4,7-8H2,1-3H3. The number of halogens is 2. The molecule has 0 saturated heterocycles. The highest BCUT2D eigenvalue weighted by atomic mass is 19.1. The van der Waals surface area contributed by atoms with Crippen molar-refractivity contribution in [1.29, 1.82) is 0 Å². The van der Waals surface area contributed by atoms with Crippen molar-refractivity contribution >= 4 is 0 Å². The lowest BCUT2D eigenvalue weighted by Crippen LogP contribution is -2.12. The van der Waals surface area contributed by atoms with Crippen LogP contribution < -0.4 is 4.74 Å². The quantitative estimate of drug-likeness (QED) is 0.789. The largest absolute Gasteiger partial charge is 0.480 e. The number of rotatable bonds is 7. The zero-order chi connectivity index (χ0) is 16.1. The van der Waals surface area contributed by atoms with Crippen LogP contribution in [0.5, 0.6) is 5.75 Å². The van der Waals surface area contributed by atoms with Crippen LogP contribution in [0.15, 0.2) is 18.2 Å². The van der Waals surface area contributed by atoms with Crippen LogP contribution in [0.25, 0.3) is 0 Å². The van der Waals surface area contributed by atoms with Gasteiger partial charge in [0.1, 0.15) is 5.82 Å². The molecule has 1 aromatic carbocycles. The highest BCUT2D eigenvalue weighted by Gasteiger charge is 2.18. The van der Waals surface area contributed by atoms with Crippen LogP contribution in [-0.2, 0) is 17.7 Å². The normalized spacial score (nSPS) is 12.4. The lowest BCUT2D eigenvalue weighted by Gasteiger charge is -2.15. The summed E-state index contributed by atoms with van der Waals surface area (Å²) in [5, 5.41) is 4.36. The maximum absolute atomic E-state index is 13.7. The Morgan fingerprint density at radius 2 is 2.09 bits per heavy atom. The lowest BCUT2D eigenvalue weighted by molar-refractivity contribution is 0.198. The summed E-state index contributed by atoms with van der Waals surface area (Å²) in [7, 11) is 1.61. The third-order valence-electron chi connectivity index (χ3n) is 3.13. The number of nitrogens with zero attached hydrogens (tertiary/aromatic N) is 3. The van der Waals surface area contributed by atoms with E-state index < -0.39 is 17.7 Å². The van der Waals surface area contributed by atoms with E-state index in [0.29, 0.717) is 31.2 Å². The Labute approximate surface area is 127 Å². The average molecular weight is 311 g/mol. The Morgan fingerprint density at radius 3 is 2.73 bits per heavy atom. The maximum Gasteiger partial charge on any atom is 0.168 e. The van der Waals surface area contributed by atoms with E-state index in [0.717, 1.165) is 12.1 Å². The third kappa shape index (κ3) is 3.79. The second kappa shape index (κ2) is 7.31.